The van der Waals surface area contributed by atoms with Gasteiger partial charge in [-0.25, -0.2) is 8.78 Å². The van der Waals surface area contributed by atoms with Crippen molar-refractivity contribution in [1.82, 2.24) is 4.90 Å². The number of likely N-dealkylation sites (tertiary alicyclic amines) is 1. The lowest BCUT2D eigenvalue weighted by Crippen LogP contribution is -2.33. The quantitative estimate of drug-likeness (QED) is 0.308. The molecule has 0 atom stereocenters. The summed E-state index contributed by atoms with van der Waals surface area (Å²) in [5.74, 6) is 0.667. The van der Waals surface area contributed by atoms with E-state index in [0.29, 0.717) is 11.8 Å². The summed E-state index contributed by atoms with van der Waals surface area (Å²) >= 11 is 0. The molecule has 1 aliphatic rings. The third-order valence-electron chi connectivity index (χ3n) is 7.46. The Morgan fingerprint density at radius 3 is 2.06 bits per heavy atom. The largest absolute Gasteiger partial charge is 0.359 e. The Kier molecular flexibility index (Phi) is 8.93. The zero-order valence-corrected chi connectivity index (χ0v) is 21.5. The highest BCUT2D eigenvalue weighted by molar-refractivity contribution is 5.50. The van der Waals surface area contributed by atoms with Crippen molar-refractivity contribution in [3.05, 3.63) is 113 Å². The number of nitrogens with one attached hydrogen (secondary N) is 1. The first kappa shape index (κ1) is 26.1. The molecule has 0 saturated carbocycles. The van der Waals surface area contributed by atoms with Crippen molar-refractivity contribution in [2.75, 3.05) is 25.0 Å². The lowest BCUT2D eigenvalue weighted by atomic mass is 9.86. The minimum absolute atomic E-state index is 0.138. The lowest BCUT2D eigenvalue weighted by Gasteiger charge is -2.32. The summed E-state index contributed by atoms with van der Waals surface area (Å²) in [4.78, 5) is 2.56. The summed E-state index contributed by atoms with van der Waals surface area (Å²) in [6, 6.07) is 22.3. The van der Waals surface area contributed by atoms with Gasteiger partial charge in [0, 0.05) is 17.3 Å². The van der Waals surface area contributed by atoms with E-state index in [1.165, 1.54) is 29.8 Å². The second-order valence-corrected chi connectivity index (χ2v) is 10.3. The van der Waals surface area contributed by atoms with Crippen LogP contribution in [-0.4, -0.2) is 24.5 Å². The minimum Gasteiger partial charge on any atom is -0.359 e. The number of hydrogen-bond donors (Lipinski definition) is 1. The first-order valence-electron chi connectivity index (χ1n) is 13.2. The van der Waals surface area contributed by atoms with Gasteiger partial charge in [0.1, 0.15) is 11.6 Å². The number of piperidine rings is 1. The molecule has 190 valence electrons. The summed E-state index contributed by atoms with van der Waals surface area (Å²) in [6.45, 7) is 11.7. The zero-order valence-electron chi connectivity index (χ0n) is 21.5. The molecule has 0 radical (unpaired) electrons. The van der Waals surface area contributed by atoms with Crippen molar-refractivity contribution < 1.29 is 8.78 Å². The van der Waals surface area contributed by atoms with Crippen LogP contribution in [0.5, 0.6) is 0 Å². The Bertz CT molecular complexity index is 1070. The van der Waals surface area contributed by atoms with E-state index in [2.05, 4.69) is 54.9 Å². The highest BCUT2D eigenvalue weighted by atomic mass is 19.1. The highest BCUT2D eigenvalue weighted by Gasteiger charge is 2.22. The first-order valence-corrected chi connectivity index (χ1v) is 13.2. The van der Waals surface area contributed by atoms with E-state index >= 15 is 0 Å². The van der Waals surface area contributed by atoms with Crippen LogP contribution in [0.3, 0.4) is 0 Å². The molecule has 1 fully saturated rings. The molecule has 4 rings (SSSR count). The predicted molar refractivity (Wildman–Crippen MR) is 146 cm³/mol. The van der Waals surface area contributed by atoms with Crippen molar-refractivity contribution in [3.63, 3.8) is 0 Å². The first-order chi connectivity index (χ1) is 17.4. The fourth-order valence-electron chi connectivity index (χ4n) is 5.12. The molecule has 4 heteroatoms. The van der Waals surface area contributed by atoms with Crippen LogP contribution < -0.4 is 5.32 Å². The molecule has 2 nitrogen and oxygen atoms in total. The predicted octanol–water partition coefficient (Wildman–Crippen LogP) is 8.34. The Morgan fingerprint density at radius 2 is 1.50 bits per heavy atom. The number of anilines is 1. The van der Waals surface area contributed by atoms with Crippen LogP contribution in [0.2, 0.25) is 0 Å². The van der Waals surface area contributed by atoms with Gasteiger partial charge in [-0.05, 0) is 110 Å². The van der Waals surface area contributed by atoms with E-state index in [1.807, 2.05) is 24.3 Å². The van der Waals surface area contributed by atoms with Crippen molar-refractivity contribution >= 4 is 5.69 Å². The molecule has 1 aliphatic heterocycles. The fourth-order valence-corrected chi connectivity index (χ4v) is 5.12. The molecule has 3 aromatic carbocycles. The molecule has 1 heterocycles. The minimum atomic E-state index is -0.231. The van der Waals surface area contributed by atoms with Crippen molar-refractivity contribution in [2.24, 2.45) is 5.92 Å². The van der Waals surface area contributed by atoms with Gasteiger partial charge in [-0.1, -0.05) is 56.8 Å². The average Bonchev–Trinajstić information content (AvgIpc) is 2.88. The topological polar surface area (TPSA) is 15.3 Å². The van der Waals surface area contributed by atoms with Gasteiger partial charge in [0.05, 0.1) is 0 Å². The van der Waals surface area contributed by atoms with Crippen LogP contribution in [0.1, 0.15) is 68.1 Å². The van der Waals surface area contributed by atoms with E-state index < -0.39 is 0 Å². The third kappa shape index (κ3) is 7.04. The highest BCUT2D eigenvalue weighted by Crippen LogP contribution is 2.32. The van der Waals surface area contributed by atoms with E-state index in [1.54, 1.807) is 0 Å². The molecule has 0 bridgehead atoms. The summed E-state index contributed by atoms with van der Waals surface area (Å²) in [6.07, 6.45) is 4.31. The second kappa shape index (κ2) is 12.3. The molecular weight excluding hydrogens is 450 g/mol. The molecule has 0 amide bonds. The summed E-state index contributed by atoms with van der Waals surface area (Å²) < 4.78 is 27.0. The smallest absolute Gasteiger partial charge is 0.123 e. The number of nitrogens with zero attached hydrogens (tertiary/aromatic N) is 1. The maximum Gasteiger partial charge on any atom is 0.123 e. The van der Waals surface area contributed by atoms with Gasteiger partial charge in [-0.3, -0.25) is 0 Å². The lowest BCUT2D eigenvalue weighted by molar-refractivity contribution is 0.208. The van der Waals surface area contributed by atoms with Gasteiger partial charge < -0.3 is 10.2 Å². The molecule has 1 N–H and O–H groups in total. The Labute approximate surface area is 215 Å². The standard InChI is InChI=1S/C32H38F2N2/c1-23(2)24(3)35-31-7-4-6-28(22-31)25-17-20-36(21-18-25)19-5-8-32(26-9-13-29(33)14-10-26)27-11-15-30(34)16-12-27/h4,6-7,9-16,22-23,25,32,35H,3,5,8,17-21H2,1-2H3. The molecule has 0 aromatic heterocycles. The van der Waals surface area contributed by atoms with Crippen LogP contribution in [0, 0.1) is 17.6 Å². The van der Waals surface area contributed by atoms with E-state index in [4.69, 9.17) is 0 Å². The summed E-state index contributed by atoms with van der Waals surface area (Å²) in [5.41, 5.74) is 5.73. The zero-order chi connectivity index (χ0) is 25.5. The third-order valence-corrected chi connectivity index (χ3v) is 7.46. The van der Waals surface area contributed by atoms with Crippen LogP contribution in [0.4, 0.5) is 14.5 Å². The van der Waals surface area contributed by atoms with Crippen LogP contribution in [0.15, 0.2) is 85.1 Å². The van der Waals surface area contributed by atoms with Crippen LogP contribution in [-0.2, 0) is 0 Å². The number of benzene rings is 3. The maximum atomic E-state index is 13.5. The van der Waals surface area contributed by atoms with E-state index in [0.717, 1.165) is 67.8 Å². The molecule has 0 aliphatic carbocycles. The Hall–Kier alpha value is -2.98. The van der Waals surface area contributed by atoms with Gasteiger partial charge in [-0.15, -0.1) is 0 Å². The average molecular weight is 489 g/mol. The molecule has 0 spiro atoms. The number of allylic oxidation sites excluding steroid dienone is 1. The van der Waals surface area contributed by atoms with Gasteiger partial charge in [-0.2, -0.15) is 0 Å². The summed E-state index contributed by atoms with van der Waals surface area (Å²) in [7, 11) is 0. The van der Waals surface area contributed by atoms with Gasteiger partial charge >= 0.3 is 0 Å². The second-order valence-electron chi connectivity index (χ2n) is 10.3. The molecule has 1 saturated heterocycles. The number of hydrogen-bond acceptors (Lipinski definition) is 2. The van der Waals surface area contributed by atoms with Crippen LogP contribution >= 0.6 is 0 Å². The molecule has 3 aromatic rings. The normalized spacial score (nSPS) is 14.9. The summed E-state index contributed by atoms with van der Waals surface area (Å²) in [5, 5.41) is 3.45. The fraction of sp³-hybridized carbons (Fsp3) is 0.375. The number of halogens is 2. The number of rotatable bonds is 10. The van der Waals surface area contributed by atoms with Crippen molar-refractivity contribution in [1.29, 1.82) is 0 Å². The van der Waals surface area contributed by atoms with Crippen molar-refractivity contribution in [3.8, 4) is 0 Å². The molecular formula is C32H38F2N2. The van der Waals surface area contributed by atoms with E-state index in [-0.39, 0.29) is 17.6 Å². The maximum absolute atomic E-state index is 13.5. The van der Waals surface area contributed by atoms with Gasteiger partial charge in [0.15, 0.2) is 0 Å². The van der Waals surface area contributed by atoms with Gasteiger partial charge in [0.2, 0.25) is 0 Å². The Balaban J connectivity index is 1.31. The van der Waals surface area contributed by atoms with E-state index in [9.17, 15) is 8.78 Å². The molecule has 0 unspecified atom stereocenters. The Morgan fingerprint density at radius 1 is 0.917 bits per heavy atom. The SMILES string of the molecule is C=C(Nc1cccc(C2CCN(CCCC(c3ccc(F)cc3)c3ccc(F)cc3)CC2)c1)C(C)C. The van der Waals surface area contributed by atoms with Crippen molar-refractivity contribution in [2.45, 2.75) is 51.4 Å². The monoisotopic (exact) mass is 488 g/mol. The van der Waals surface area contributed by atoms with Crippen LogP contribution in [0.25, 0.3) is 0 Å². The molecule has 36 heavy (non-hydrogen) atoms. The van der Waals surface area contributed by atoms with Gasteiger partial charge in [0.25, 0.3) is 0 Å².